The van der Waals surface area contributed by atoms with Crippen LogP contribution in [0.2, 0.25) is 0 Å². The molecule has 0 aromatic rings. The largest absolute Gasteiger partial charge is 0.380 e. The SMILES string of the molecule is CCCNC(C1CCOC2(CCOC2)C1)C(OC)C1CC1. The number of nitrogens with one attached hydrogen (secondary N) is 1. The Bertz CT molecular complexity index is 326. The third-order valence-corrected chi connectivity index (χ3v) is 5.45. The van der Waals surface area contributed by atoms with E-state index in [1.165, 1.54) is 19.3 Å². The van der Waals surface area contributed by atoms with Crippen LogP contribution in [0.15, 0.2) is 0 Å². The molecule has 4 nitrogen and oxygen atoms in total. The zero-order valence-corrected chi connectivity index (χ0v) is 13.6. The van der Waals surface area contributed by atoms with Crippen molar-refractivity contribution in [3.05, 3.63) is 0 Å². The van der Waals surface area contributed by atoms with Crippen LogP contribution in [0.3, 0.4) is 0 Å². The highest BCUT2D eigenvalue weighted by molar-refractivity contribution is 4.99. The number of hydrogen-bond donors (Lipinski definition) is 1. The van der Waals surface area contributed by atoms with E-state index in [-0.39, 0.29) is 5.60 Å². The third-order valence-electron chi connectivity index (χ3n) is 5.45. The van der Waals surface area contributed by atoms with Gasteiger partial charge in [0, 0.05) is 32.8 Å². The Balaban J connectivity index is 1.68. The van der Waals surface area contributed by atoms with E-state index < -0.39 is 0 Å². The summed E-state index contributed by atoms with van der Waals surface area (Å²) in [4.78, 5) is 0. The van der Waals surface area contributed by atoms with Crippen molar-refractivity contribution < 1.29 is 14.2 Å². The van der Waals surface area contributed by atoms with Crippen LogP contribution in [0.5, 0.6) is 0 Å². The standard InChI is InChI=1S/C17H31NO3/c1-3-8-18-15(16(19-2)13-4-5-13)14-6-9-21-17(11-14)7-10-20-12-17/h13-16,18H,3-12H2,1-2H3. The molecule has 4 atom stereocenters. The maximum atomic E-state index is 6.11. The summed E-state index contributed by atoms with van der Waals surface area (Å²) in [6.07, 6.45) is 7.55. The number of ether oxygens (including phenoxy) is 3. The topological polar surface area (TPSA) is 39.7 Å². The fraction of sp³-hybridized carbons (Fsp3) is 1.00. The van der Waals surface area contributed by atoms with Gasteiger partial charge in [-0.05, 0) is 50.5 Å². The van der Waals surface area contributed by atoms with Gasteiger partial charge >= 0.3 is 0 Å². The molecule has 1 spiro atoms. The minimum absolute atomic E-state index is 0.00307. The van der Waals surface area contributed by atoms with E-state index in [1.807, 2.05) is 7.11 Å². The average Bonchev–Trinajstić information content (AvgIpc) is 3.25. The summed E-state index contributed by atoms with van der Waals surface area (Å²) in [5, 5.41) is 3.80. The summed E-state index contributed by atoms with van der Waals surface area (Å²) < 4.78 is 17.6. The van der Waals surface area contributed by atoms with Gasteiger partial charge in [0.1, 0.15) is 0 Å². The molecular formula is C17H31NO3. The van der Waals surface area contributed by atoms with Crippen molar-refractivity contribution in [2.75, 3.05) is 33.5 Å². The van der Waals surface area contributed by atoms with Gasteiger partial charge in [0.25, 0.3) is 0 Å². The van der Waals surface area contributed by atoms with Crippen molar-refractivity contribution in [2.24, 2.45) is 11.8 Å². The molecule has 1 aliphatic carbocycles. The lowest BCUT2D eigenvalue weighted by Crippen LogP contribution is -2.53. The van der Waals surface area contributed by atoms with Crippen LogP contribution >= 0.6 is 0 Å². The monoisotopic (exact) mass is 297 g/mol. The van der Waals surface area contributed by atoms with Crippen LogP contribution in [0.25, 0.3) is 0 Å². The predicted octanol–water partition coefficient (Wildman–Crippen LogP) is 2.37. The van der Waals surface area contributed by atoms with E-state index in [2.05, 4.69) is 12.2 Å². The molecule has 2 saturated heterocycles. The third kappa shape index (κ3) is 3.61. The van der Waals surface area contributed by atoms with Gasteiger partial charge < -0.3 is 19.5 Å². The first-order valence-corrected chi connectivity index (χ1v) is 8.76. The van der Waals surface area contributed by atoms with Crippen molar-refractivity contribution >= 4 is 0 Å². The van der Waals surface area contributed by atoms with Crippen molar-refractivity contribution in [3.63, 3.8) is 0 Å². The van der Waals surface area contributed by atoms with E-state index in [9.17, 15) is 0 Å². The molecule has 4 heteroatoms. The molecule has 0 amide bonds. The summed E-state index contributed by atoms with van der Waals surface area (Å²) >= 11 is 0. The van der Waals surface area contributed by atoms with Crippen LogP contribution in [0, 0.1) is 11.8 Å². The molecule has 1 saturated carbocycles. The Morgan fingerprint density at radius 1 is 1.24 bits per heavy atom. The normalized spacial score (nSPS) is 36.0. The molecule has 1 N–H and O–H groups in total. The Kier molecular flexibility index (Phi) is 5.20. The van der Waals surface area contributed by atoms with E-state index in [0.717, 1.165) is 51.5 Å². The van der Waals surface area contributed by atoms with E-state index in [0.29, 0.717) is 18.1 Å². The minimum atomic E-state index is -0.00307. The smallest absolute Gasteiger partial charge is 0.0939 e. The van der Waals surface area contributed by atoms with Gasteiger partial charge in [0.05, 0.1) is 18.3 Å². The van der Waals surface area contributed by atoms with Crippen molar-refractivity contribution in [1.82, 2.24) is 5.32 Å². The lowest BCUT2D eigenvalue weighted by Gasteiger charge is -2.42. The molecule has 3 fully saturated rings. The Labute approximate surface area is 128 Å². The second-order valence-electron chi connectivity index (χ2n) is 7.10. The summed E-state index contributed by atoms with van der Waals surface area (Å²) in [5.74, 6) is 1.42. The van der Waals surface area contributed by atoms with Gasteiger partial charge in [-0.25, -0.2) is 0 Å². The van der Waals surface area contributed by atoms with Crippen LogP contribution in [-0.2, 0) is 14.2 Å². The molecule has 4 unspecified atom stereocenters. The fourth-order valence-electron chi connectivity index (χ4n) is 4.15. The van der Waals surface area contributed by atoms with Crippen molar-refractivity contribution in [1.29, 1.82) is 0 Å². The molecule has 0 aromatic carbocycles. The van der Waals surface area contributed by atoms with Crippen LogP contribution in [0.1, 0.15) is 45.4 Å². The quantitative estimate of drug-likeness (QED) is 0.783. The van der Waals surface area contributed by atoms with Crippen molar-refractivity contribution in [2.45, 2.75) is 63.2 Å². The van der Waals surface area contributed by atoms with Crippen LogP contribution in [0.4, 0.5) is 0 Å². The van der Waals surface area contributed by atoms with Gasteiger partial charge in [-0.2, -0.15) is 0 Å². The maximum Gasteiger partial charge on any atom is 0.0939 e. The first kappa shape index (κ1) is 15.7. The van der Waals surface area contributed by atoms with Crippen LogP contribution in [-0.4, -0.2) is 51.2 Å². The number of methoxy groups -OCH3 is 1. The van der Waals surface area contributed by atoms with E-state index in [1.54, 1.807) is 0 Å². The van der Waals surface area contributed by atoms with E-state index in [4.69, 9.17) is 14.2 Å². The Hall–Kier alpha value is -0.160. The highest BCUT2D eigenvalue weighted by atomic mass is 16.6. The summed E-state index contributed by atoms with van der Waals surface area (Å²) in [6, 6.07) is 0.476. The molecule has 2 heterocycles. The summed E-state index contributed by atoms with van der Waals surface area (Å²) in [5.41, 5.74) is -0.00307. The van der Waals surface area contributed by atoms with Gasteiger partial charge in [-0.3, -0.25) is 0 Å². The predicted molar refractivity (Wildman–Crippen MR) is 82.4 cm³/mol. The molecule has 0 aromatic heterocycles. The molecule has 3 aliphatic rings. The lowest BCUT2D eigenvalue weighted by molar-refractivity contribution is -0.112. The Morgan fingerprint density at radius 3 is 2.71 bits per heavy atom. The van der Waals surface area contributed by atoms with Crippen molar-refractivity contribution in [3.8, 4) is 0 Å². The average molecular weight is 297 g/mol. The van der Waals surface area contributed by atoms with Gasteiger partial charge in [-0.1, -0.05) is 6.92 Å². The molecule has 3 rings (SSSR count). The molecular weight excluding hydrogens is 266 g/mol. The van der Waals surface area contributed by atoms with Gasteiger partial charge in [-0.15, -0.1) is 0 Å². The maximum absolute atomic E-state index is 6.11. The zero-order valence-electron chi connectivity index (χ0n) is 13.6. The van der Waals surface area contributed by atoms with Crippen LogP contribution < -0.4 is 5.32 Å². The first-order valence-electron chi connectivity index (χ1n) is 8.76. The summed E-state index contributed by atoms with van der Waals surface area (Å²) in [7, 11) is 1.89. The number of hydrogen-bond acceptors (Lipinski definition) is 4. The number of rotatable bonds is 7. The minimum Gasteiger partial charge on any atom is -0.380 e. The molecule has 2 aliphatic heterocycles. The second-order valence-corrected chi connectivity index (χ2v) is 7.10. The highest BCUT2D eigenvalue weighted by Crippen LogP contribution is 2.42. The molecule has 21 heavy (non-hydrogen) atoms. The molecule has 122 valence electrons. The first-order chi connectivity index (χ1) is 10.3. The lowest BCUT2D eigenvalue weighted by atomic mass is 9.78. The summed E-state index contributed by atoms with van der Waals surface area (Å²) in [6.45, 7) is 5.83. The molecule has 0 bridgehead atoms. The zero-order chi connectivity index (χ0) is 14.7. The van der Waals surface area contributed by atoms with Gasteiger partial charge in [0.2, 0.25) is 0 Å². The second kappa shape index (κ2) is 6.95. The Morgan fingerprint density at radius 2 is 2.10 bits per heavy atom. The van der Waals surface area contributed by atoms with E-state index >= 15 is 0 Å². The van der Waals surface area contributed by atoms with Gasteiger partial charge in [0.15, 0.2) is 0 Å². The highest BCUT2D eigenvalue weighted by Gasteiger charge is 2.46. The fourth-order valence-corrected chi connectivity index (χ4v) is 4.15. The molecule has 0 radical (unpaired) electrons.